The highest BCUT2D eigenvalue weighted by atomic mass is 35.5. The van der Waals surface area contributed by atoms with E-state index < -0.39 is 7.12 Å². The van der Waals surface area contributed by atoms with Gasteiger partial charge in [0.1, 0.15) is 5.15 Å². The second kappa shape index (κ2) is 21.9. The Hall–Kier alpha value is -4.39. The van der Waals surface area contributed by atoms with Gasteiger partial charge in [-0.25, -0.2) is 19.9 Å². The molecule has 0 saturated carbocycles. The fraction of sp³-hybridized carbons (Fsp3) is 0.0435. The number of rotatable bonds is 8. The molecule has 0 fully saturated rings. The minimum absolute atomic E-state index is 0.152. The van der Waals surface area contributed by atoms with Gasteiger partial charge in [-0.3, -0.25) is 0 Å². The van der Waals surface area contributed by atoms with Crippen molar-refractivity contribution in [3.05, 3.63) is 183 Å². The van der Waals surface area contributed by atoms with Crippen molar-refractivity contribution < 1.29 is 10.0 Å². The standard InChI is InChI=1S/C23H16Cl2N2S.C16H10Cl2N2.C7H8BClO2S/c1-28-22-12-11-18(24)13-19(22)21-14-20(26-23(25)27-21)17-9-7-16(8-10-17)15-5-3-2-4-6-15;17-15-10-14(19-16(18)20-15)13-8-6-12(7-9-13)11-4-2-1-3-5-11;1-12-7-3-2-5(9)4-6(7)8(10)11/h2-14H,1H3;1-10H;2-4,10-11H,1H3. The molecule has 0 spiro atoms. The maximum absolute atomic E-state index is 8.94. The van der Waals surface area contributed by atoms with Crippen molar-refractivity contribution >= 4 is 94.1 Å². The van der Waals surface area contributed by atoms with Gasteiger partial charge in [0.2, 0.25) is 10.6 Å². The number of aromatic nitrogens is 4. The highest BCUT2D eigenvalue weighted by Crippen LogP contribution is 2.34. The molecule has 0 atom stereocenters. The minimum Gasteiger partial charge on any atom is -0.423 e. The molecule has 6 nitrogen and oxygen atoms in total. The van der Waals surface area contributed by atoms with Gasteiger partial charge in [-0.2, -0.15) is 0 Å². The van der Waals surface area contributed by atoms with E-state index in [0.717, 1.165) is 54.7 Å². The summed E-state index contributed by atoms with van der Waals surface area (Å²) in [6.07, 6.45) is 3.90. The van der Waals surface area contributed by atoms with E-state index >= 15 is 0 Å². The molecule has 8 aromatic rings. The predicted octanol–water partition coefficient (Wildman–Crippen LogP) is 13.4. The maximum Gasteiger partial charge on any atom is 0.489 e. The average molecular weight is 927 g/mol. The third-order valence-corrected chi connectivity index (χ3v) is 11.5. The second-order valence-corrected chi connectivity index (χ2v) is 16.4. The summed E-state index contributed by atoms with van der Waals surface area (Å²) in [6, 6.07) is 51.3. The summed E-state index contributed by atoms with van der Waals surface area (Å²) in [5, 5.41) is 19.8. The third kappa shape index (κ3) is 12.4. The molecule has 0 amide bonds. The molecule has 2 N–H and O–H groups in total. The summed E-state index contributed by atoms with van der Waals surface area (Å²) < 4.78 is 0. The Morgan fingerprint density at radius 2 is 0.833 bits per heavy atom. The molecular weight excluding hydrogens is 893 g/mol. The largest absolute Gasteiger partial charge is 0.489 e. The van der Waals surface area contributed by atoms with Crippen LogP contribution < -0.4 is 5.46 Å². The fourth-order valence-electron chi connectivity index (χ4n) is 5.96. The van der Waals surface area contributed by atoms with Crippen molar-refractivity contribution in [3.63, 3.8) is 0 Å². The molecule has 2 heterocycles. The fourth-order valence-corrected chi connectivity index (χ4v) is 8.09. The smallest absolute Gasteiger partial charge is 0.423 e. The van der Waals surface area contributed by atoms with Gasteiger partial charge in [-0.1, -0.05) is 144 Å². The highest BCUT2D eigenvalue weighted by molar-refractivity contribution is 7.99. The lowest BCUT2D eigenvalue weighted by Gasteiger charge is -2.10. The highest BCUT2D eigenvalue weighted by Gasteiger charge is 2.16. The summed E-state index contributed by atoms with van der Waals surface area (Å²) in [5.41, 5.74) is 10.3. The first-order valence-corrected chi connectivity index (χ1v) is 22.4. The molecule has 0 aliphatic heterocycles. The SMILES string of the molecule is CSc1ccc(Cl)cc1-c1cc(-c2ccc(-c3ccccc3)cc2)nc(Cl)n1.CSc1ccc(Cl)cc1B(O)O.Clc1cc(-c2ccc(-c3ccccc3)cc2)nc(Cl)n1. The monoisotopic (exact) mass is 924 g/mol. The van der Waals surface area contributed by atoms with E-state index in [0.29, 0.717) is 20.7 Å². The summed E-state index contributed by atoms with van der Waals surface area (Å²) in [5.74, 6) is 0. The Bertz CT molecular complexity index is 2650. The zero-order valence-electron chi connectivity index (χ0n) is 32.0. The van der Waals surface area contributed by atoms with Gasteiger partial charge < -0.3 is 10.0 Å². The van der Waals surface area contributed by atoms with E-state index in [2.05, 4.69) is 80.6 Å². The first kappa shape index (κ1) is 45.1. The lowest BCUT2D eigenvalue weighted by atomic mass is 9.80. The van der Waals surface area contributed by atoms with Gasteiger partial charge in [-0.05, 0) is 106 Å². The zero-order valence-corrected chi connectivity index (χ0v) is 37.4. The number of hydrogen-bond donors (Lipinski definition) is 2. The van der Waals surface area contributed by atoms with E-state index in [9.17, 15) is 0 Å². The molecule has 8 rings (SSSR count). The quantitative estimate of drug-likeness (QED) is 0.0674. The van der Waals surface area contributed by atoms with Gasteiger partial charge in [0.05, 0.1) is 17.1 Å². The number of benzene rings is 6. The summed E-state index contributed by atoms with van der Waals surface area (Å²) in [7, 11) is -1.45. The Balaban J connectivity index is 0.000000164. The Morgan fingerprint density at radius 3 is 1.32 bits per heavy atom. The molecule has 0 unspecified atom stereocenters. The lowest BCUT2D eigenvalue weighted by molar-refractivity contribution is 0.425. The zero-order chi connectivity index (χ0) is 42.6. The third-order valence-electron chi connectivity index (χ3n) is 8.85. The molecule has 0 bridgehead atoms. The topological polar surface area (TPSA) is 92.0 Å². The normalized spacial score (nSPS) is 10.6. The lowest BCUT2D eigenvalue weighted by Crippen LogP contribution is -2.31. The van der Waals surface area contributed by atoms with Gasteiger partial charge in [-0.15, -0.1) is 23.5 Å². The second-order valence-electron chi connectivity index (χ2n) is 12.7. The summed E-state index contributed by atoms with van der Waals surface area (Å²) in [6.45, 7) is 0. The van der Waals surface area contributed by atoms with Gasteiger partial charge in [0.15, 0.2) is 0 Å². The van der Waals surface area contributed by atoms with E-state index in [-0.39, 0.29) is 10.6 Å². The molecular formula is C46H34BCl5N4O2S2. The first-order chi connectivity index (χ1) is 29.0. The van der Waals surface area contributed by atoms with Crippen molar-refractivity contribution in [2.24, 2.45) is 0 Å². The van der Waals surface area contributed by atoms with Crippen molar-refractivity contribution in [2.75, 3.05) is 12.5 Å². The molecule has 2 aromatic heterocycles. The van der Waals surface area contributed by atoms with Crippen LogP contribution in [0.2, 0.25) is 25.8 Å². The molecule has 0 saturated heterocycles. The number of nitrogens with zero attached hydrogens (tertiary/aromatic N) is 4. The molecule has 0 aliphatic rings. The average Bonchev–Trinajstić information content (AvgIpc) is 3.27. The van der Waals surface area contributed by atoms with E-state index in [1.54, 1.807) is 36.0 Å². The molecule has 0 aliphatic carbocycles. The van der Waals surface area contributed by atoms with Crippen LogP contribution in [0.25, 0.3) is 56.0 Å². The Labute approximate surface area is 383 Å². The molecule has 0 radical (unpaired) electrons. The predicted molar refractivity (Wildman–Crippen MR) is 256 cm³/mol. The van der Waals surface area contributed by atoms with E-state index in [1.165, 1.54) is 22.9 Å². The maximum atomic E-state index is 8.94. The van der Waals surface area contributed by atoms with Gasteiger partial charge in [0.25, 0.3) is 0 Å². The Kier molecular flexibility index (Phi) is 16.5. The van der Waals surface area contributed by atoms with Crippen LogP contribution in [0.3, 0.4) is 0 Å². The van der Waals surface area contributed by atoms with Crippen LogP contribution in [-0.4, -0.2) is 49.6 Å². The molecule has 6 aromatic carbocycles. The number of halogens is 5. The molecule has 300 valence electrons. The Morgan fingerprint density at radius 1 is 0.417 bits per heavy atom. The molecule has 60 heavy (non-hydrogen) atoms. The van der Waals surface area contributed by atoms with Crippen molar-refractivity contribution in [2.45, 2.75) is 9.79 Å². The number of hydrogen-bond acceptors (Lipinski definition) is 8. The van der Waals surface area contributed by atoms with Gasteiger partial charge in [0, 0.05) is 42.6 Å². The van der Waals surface area contributed by atoms with Crippen LogP contribution in [0.4, 0.5) is 0 Å². The minimum atomic E-state index is -1.45. The summed E-state index contributed by atoms with van der Waals surface area (Å²) >= 11 is 33.0. The number of thioether (sulfide) groups is 2. The molecule has 14 heteroatoms. The first-order valence-electron chi connectivity index (χ1n) is 18.1. The van der Waals surface area contributed by atoms with Crippen LogP contribution in [0.1, 0.15) is 0 Å². The van der Waals surface area contributed by atoms with E-state index in [4.69, 9.17) is 68.1 Å². The van der Waals surface area contributed by atoms with Crippen LogP contribution in [0.15, 0.2) is 168 Å². The van der Waals surface area contributed by atoms with Crippen LogP contribution >= 0.6 is 81.5 Å². The van der Waals surface area contributed by atoms with Crippen LogP contribution in [0.5, 0.6) is 0 Å². The van der Waals surface area contributed by atoms with E-state index in [1.807, 2.05) is 85.3 Å². The van der Waals surface area contributed by atoms with Crippen LogP contribution in [0, 0.1) is 0 Å². The van der Waals surface area contributed by atoms with Crippen LogP contribution in [-0.2, 0) is 0 Å². The van der Waals surface area contributed by atoms with Crippen molar-refractivity contribution in [1.82, 2.24) is 19.9 Å². The van der Waals surface area contributed by atoms with Crippen molar-refractivity contribution in [1.29, 1.82) is 0 Å². The van der Waals surface area contributed by atoms with Crippen molar-refractivity contribution in [3.8, 4) is 56.0 Å². The van der Waals surface area contributed by atoms with Gasteiger partial charge >= 0.3 is 7.12 Å². The summed E-state index contributed by atoms with van der Waals surface area (Å²) in [4.78, 5) is 18.8.